The van der Waals surface area contributed by atoms with Crippen LogP contribution in [0.3, 0.4) is 0 Å². The van der Waals surface area contributed by atoms with Crippen molar-refractivity contribution in [2.45, 2.75) is 11.4 Å². The Morgan fingerprint density at radius 3 is 2.76 bits per heavy atom. The summed E-state index contributed by atoms with van der Waals surface area (Å²) in [4.78, 5) is 13.9. The Balaban J connectivity index is 2.25. The van der Waals surface area contributed by atoms with Gasteiger partial charge in [-0.1, -0.05) is 0 Å². The lowest BCUT2D eigenvalue weighted by molar-refractivity contribution is -0.384. The van der Waals surface area contributed by atoms with Crippen LogP contribution >= 0.6 is 11.3 Å². The highest BCUT2D eigenvalue weighted by Crippen LogP contribution is 2.26. The van der Waals surface area contributed by atoms with E-state index in [1.54, 1.807) is 11.6 Å². The van der Waals surface area contributed by atoms with Crippen molar-refractivity contribution in [1.29, 1.82) is 0 Å². The number of anilines is 1. The Hall–Kier alpha value is -2.08. The molecule has 0 spiro atoms. The summed E-state index contributed by atoms with van der Waals surface area (Å²) >= 11 is 1.31. The van der Waals surface area contributed by atoms with Crippen LogP contribution in [0.5, 0.6) is 0 Å². The summed E-state index contributed by atoms with van der Waals surface area (Å²) in [5, 5.41) is 13.1. The van der Waals surface area contributed by atoms with E-state index in [2.05, 4.69) is 15.1 Å². The summed E-state index contributed by atoms with van der Waals surface area (Å²) in [5.74, 6) is 5.17. The van der Waals surface area contributed by atoms with Crippen LogP contribution in [0.4, 0.5) is 11.4 Å². The Morgan fingerprint density at radius 1 is 1.43 bits per heavy atom. The number of thiazole rings is 1. The van der Waals surface area contributed by atoms with Gasteiger partial charge in [-0.25, -0.2) is 18.1 Å². The summed E-state index contributed by atoms with van der Waals surface area (Å²) in [6.45, 7) is 0.0440. The molecule has 0 bridgehead atoms. The topological polar surface area (TPSA) is 140 Å². The summed E-state index contributed by atoms with van der Waals surface area (Å²) in [6, 6.07) is 3.32. The number of hydrogen-bond acceptors (Lipinski definition) is 8. The first kappa shape index (κ1) is 15.3. The number of nitrogens with two attached hydrogens (primary N) is 1. The fourth-order valence-electron chi connectivity index (χ4n) is 1.54. The second-order valence-electron chi connectivity index (χ2n) is 3.83. The monoisotopic (exact) mass is 329 g/mol. The molecule has 0 amide bonds. The molecule has 1 aromatic carbocycles. The van der Waals surface area contributed by atoms with E-state index in [0.717, 1.165) is 18.2 Å². The van der Waals surface area contributed by atoms with Crippen molar-refractivity contribution in [3.8, 4) is 0 Å². The Kier molecular flexibility index (Phi) is 4.47. The number of nitrogens with one attached hydrogen (secondary N) is 2. The van der Waals surface area contributed by atoms with Crippen molar-refractivity contribution in [3.05, 3.63) is 44.9 Å². The minimum absolute atomic E-state index is 0.0440. The van der Waals surface area contributed by atoms with Crippen LogP contribution < -0.4 is 16.0 Å². The van der Waals surface area contributed by atoms with Crippen molar-refractivity contribution in [1.82, 2.24) is 9.71 Å². The molecular formula is C10H11N5O4S2. The van der Waals surface area contributed by atoms with Gasteiger partial charge in [0, 0.05) is 17.6 Å². The van der Waals surface area contributed by atoms with E-state index in [1.807, 2.05) is 0 Å². The molecule has 4 N–H and O–H groups in total. The van der Waals surface area contributed by atoms with Gasteiger partial charge in [0.05, 0.1) is 16.4 Å². The van der Waals surface area contributed by atoms with Crippen LogP contribution in [-0.2, 0) is 16.6 Å². The average Bonchev–Trinajstić information content (AvgIpc) is 2.97. The normalized spacial score (nSPS) is 11.3. The fraction of sp³-hybridized carbons (Fsp3) is 0.100. The molecule has 0 aliphatic rings. The molecule has 0 radical (unpaired) electrons. The molecule has 0 atom stereocenters. The van der Waals surface area contributed by atoms with E-state index in [0.29, 0.717) is 5.01 Å². The average molecular weight is 329 g/mol. The molecule has 11 heteroatoms. The van der Waals surface area contributed by atoms with Crippen LogP contribution in [0.1, 0.15) is 5.01 Å². The predicted molar refractivity (Wildman–Crippen MR) is 77.0 cm³/mol. The third-order valence-corrected chi connectivity index (χ3v) is 4.71. The smallest absolute Gasteiger partial charge is 0.293 e. The number of hydrazine groups is 1. The second-order valence-corrected chi connectivity index (χ2v) is 6.58. The molecule has 21 heavy (non-hydrogen) atoms. The SMILES string of the molecule is NNc1cc(S(=O)(=O)NCc2nccs2)ccc1[N+](=O)[O-]. The number of aromatic nitrogens is 1. The van der Waals surface area contributed by atoms with Gasteiger partial charge in [-0.15, -0.1) is 11.3 Å². The summed E-state index contributed by atoms with van der Waals surface area (Å²) in [7, 11) is -3.81. The zero-order valence-corrected chi connectivity index (χ0v) is 12.1. The van der Waals surface area contributed by atoms with Crippen molar-refractivity contribution >= 4 is 32.7 Å². The van der Waals surface area contributed by atoms with Crippen molar-refractivity contribution in [2.24, 2.45) is 5.84 Å². The first-order valence-electron chi connectivity index (χ1n) is 5.57. The van der Waals surface area contributed by atoms with E-state index in [9.17, 15) is 18.5 Å². The number of nitro benzene ring substituents is 1. The van der Waals surface area contributed by atoms with E-state index in [4.69, 9.17) is 5.84 Å². The van der Waals surface area contributed by atoms with Crippen LogP contribution in [0.2, 0.25) is 0 Å². The van der Waals surface area contributed by atoms with Crippen LogP contribution in [0, 0.1) is 10.1 Å². The zero-order chi connectivity index (χ0) is 15.5. The molecule has 0 aliphatic heterocycles. The number of hydrogen-bond donors (Lipinski definition) is 3. The minimum Gasteiger partial charge on any atom is -0.318 e. The summed E-state index contributed by atoms with van der Waals surface area (Å²) in [5.41, 5.74) is 1.72. The van der Waals surface area contributed by atoms with Gasteiger partial charge in [0.1, 0.15) is 10.7 Å². The number of sulfonamides is 1. The first-order chi connectivity index (χ1) is 9.94. The van der Waals surface area contributed by atoms with Gasteiger partial charge in [0.25, 0.3) is 5.69 Å². The molecule has 9 nitrogen and oxygen atoms in total. The highest BCUT2D eigenvalue weighted by atomic mass is 32.2. The highest BCUT2D eigenvalue weighted by Gasteiger charge is 2.20. The van der Waals surface area contributed by atoms with Crippen LogP contribution in [0.25, 0.3) is 0 Å². The molecule has 1 heterocycles. The van der Waals surface area contributed by atoms with Crippen LogP contribution in [-0.4, -0.2) is 18.3 Å². The largest absolute Gasteiger partial charge is 0.318 e. The Bertz CT molecular complexity index is 745. The van der Waals surface area contributed by atoms with Gasteiger partial charge >= 0.3 is 0 Å². The first-order valence-corrected chi connectivity index (χ1v) is 7.93. The van der Waals surface area contributed by atoms with E-state index in [1.165, 1.54) is 11.3 Å². The standard InChI is InChI=1S/C10H11N5O4S2/c11-14-8-5-7(1-2-9(8)15(16)17)21(18,19)13-6-10-12-3-4-20-10/h1-5,13-14H,6,11H2. The lowest BCUT2D eigenvalue weighted by Gasteiger charge is -2.07. The number of nitrogens with zero attached hydrogens (tertiary/aromatic N) is 2. The van der Waals surface area contributed by atoms with Gasteiger partial charge in [0.15, 0.2) is 0 Å². The van der Waals surface area contributed by atoms with E-state index in [-0.39, 0.29) is 22.8 Å². The number of nitro groups is 1. The van der Waals surface area contributed by atoms with E-state index < -0.39 is 14.9 Å². The molecule has 112 valence electrons. The van der Waals surface area contributed by atoms with Crippen LogP contribution in [0.15, 0.2) is 34.7 Å². The molecule has 2 rings (SSSR count). The maximum absolute atomic E-state index is 12.1. The molecule has 0 fully saturated rings. The van der Waals surface area contributed by atoms with Gasteiger partial charge in [0.2, 0.25) is 10.0 Å². The number of rotatable bonds is 6. The highest BCUT2D eigenvalue weighted by molar-refractivity contribution is 7.89. The fourth-order valence-corrected chi connectivity index (χ4v) is 3.20. The van der Waals surface area contributed by atoms with Gasteiger partial charge in [-0.2, -0.15) is 0 Å². The molecule has 0 aliphatic carbocycles. The quantitative estimate of drug-likeness (QED) is 0.404. The van der Waals surface area contributed by atoms with Gasteiger partial charge < -0.3 is 5.43 Å². The molecule has 1 aromatic heterocycles. The van der Waals surface area contributed by atoms with Crippen molar-refractivity contribution in [2.75, 3.05) is 5.43 Å². The third kappa shape index (κ3) is 3.52. The van der Waals surface area contributed by atoms with Crippen molar-refractivity contribution in [3.63, 3.8) is 0 Å². The lowest BCUT2D eigenvalue weighted by atomic mass is 10.3. The lowest BCUT2D eigenvalue weighted by Crippen LogP contribution is -2.23. The maximum atomic E-state index is 12.1. The van der Waals surface area contributed by atoms with E-state index >= 15 is 0 Å². The van der Waals surface area contributed by atoms with Crippen molar-refractivity contribution < 1.29 is 13.3 Å². The van der Waals surface area contributed by atoms with Gasteiger partial charge in [-0.3, -0.25) is 16.0 Å². The Morgan fingerprint density at radius 2 is 2.19 bits per heavy atom. The maximum Gasteiger partial charge on any atom is 0.293 e. The number of benzene rings is 1. The summed E-state index contributed by atoms with van der Waals surface area (Å²) in [6.07, 6.45) is 1.57. The molecular weight excluding hydrogens is 318 g/mol. The molecule has 0 saturated heterocycles. The number of nitrogen functional groups attached to an aromatic ring is 1. The predicted octanol–water partition coefficient (Wildman–Crippen LogP) is 0.815. The Labute approximate surface area is 124 Å². The zero-order valence-electron chi connectivity index (χ0n) is 10.5. The minimum atomic E-state index is -3.81. The third-order valence-electron chi connectivity index (χ3n) is 2.53. The molecule has 0 unspecified atom stereocenters. The van der Waals surface area contributed by atoms with Gasteiger partial charge in [-0.05, 0) is 12.1 Å². The second kappa shape index (κ2) is 6.13. The summed E-state index contributed by atoms with van der Waals surface area (Å²) < 4.78 is 26.6. The molecule has 2 aromatic rings. The molecule has 0 saturated carbocycles.